The summed E-state index contributed by atoms with van der Waals surface area (Å²) in [5.74, 6) is 1.99. The van der Waals surface area contributed by atoms with E-state index < -0.39 is 10.0 Å². The van der Waals surface area contributed by atoms with E-state index in [2.05, 4.69) is 27.2 Å². The van der Waals surface area contributed by atoms with Crippen LogP contribution in [0.25, 0.3) is 0 Å². The van der Waals surface area contributed by atoms with Crippen molar-refractivity contribution in [3.63, 3.8) is 0 Å². The van der Waals surface area contributed by atoms with Crippen molar-refractivity contribution in [3.05, 3.63) is 11.3 Å². The van der Waals surface area contributed by atoms with E-state index in [-0.39, 0.29) is 11.1 Å². The Morgan fingerprint density at radius 2 is 2.10 bits per heavy atom. The molecule has 0 saturated heterocycles. The van der Waals surface area contributed by atoms with Gasteiger partial charge in [0.1, 0.15) is 0 Å². The van der Waals surface area contributed by atoms with Crippen LogP contribution in [-0.2, 0) is 16.6 Å². The van der Waals surface area contributed by atoms with E-state index in [0.717, 1.165) is 30.2 Å². The van der Waals surface area contributed by atoms with Crippen LogP contribution >= 0.6 is 11.8 Å². The van der Waals surface area contributed by atoms with E-state index in [1.807, 2.05) is 32.5 Å². The summed E-state index contributed by atoms with van der Waals surface area (Å²) in [4.78, 5) is 0. The summed E-state index contributed by atoms with van der Waals surface area (Å²) in [5.41, 5.74) is 1.49. The highest BCUT2D eigenvalue weighted by atomic mass is 32.2. The number of nitrogens with zero attached hydrogens (tertiary/aromatic N) is 1. The monoisotopic (exact) mass is 334 g/mol. The molecule has 0 aromatic carbocycles. The lowest BCUT2D eigenvalue weighted by Gasteiger charge is -2.13. The third kappa shape index (κ3) is 5.61. The van der Waals surface area contributed by atoms with Gasteiger partial charge < -0.3 is 5.32 Å². The maximum Gasteiger partial charge on any atom is 0.260 e. The third-order valence-electron chi connectivity index (χ3n) is 3.10. The van der Waals surface area contributed by atoms with Gasteiger partial charge in [-0.2, -0.15) is 16.9 Å². The van der Waals surface area contributed by atoms with Gasteiger partial charge in [-0.25, -0.2) is 13.1 Å². The van der Waals surface area contributed by atoms with E-state index >= 15 is 0 Å². The van der Waals surface area contributed by atoms with Crippen molar-refractivity contribution in [1.29, 1.82) is 0 Å². The topological polar surface area (TPSA) is 86.9 Å². The molecule has 0 aliphatic carbocycles. The van der Waals surface area contributed by atoms with Crippen LogP contribution in [0.15, 0.2) is 5.03 Å². The van der Waals surface area contributed by atoms with Gasteiger partial charge in [-0.1, -0.05) is 13.8 Å². The lowest BCUT2D eigenvalue weighted by atomic mass is 10.2. The number of thioether (sulfide) groups is 1. The number of sulfonamides is 1. The van der Waals surface area contributed by atoms with Gasteiger partial charge >= 0.3 is 0 Å². The lowest BCUT2D eigenvalue weighted by Crippen LogP contribution is -2.34. The van der Waals surface area contributed by atoms with Crippen LogP contribution in [0.3, 0.4) is 0 Å². The van der Waals surface area contributed by atoms with Gasteiger partial charge in [0.25, 0.3) is 10.0 Å². The van der Waals surface area contributed by atoms with Crippen LogP contribution < -0.4 is 10.0 Å². The standard InChI is InChI=1S/C13H26N4O2S2/c1-5-14-9-12-11(4)15-16-13(12)21(18,19)17-10(3)7-8-20-6-2/h10,14,17H,5-9H2,1-4H3,(H,15,16). The zero-order valence-corrected chi connectivity index (χ0v) is 14.8. The van der Waals surface area contributed by atoms with Crippen LogP contribution in [0.5, 0.6) is 0 Å². The Balaban J connectivity index is 2.78. The summed E-state index contributed by atoms with van der Waals surface area (Å²) in [7, 11) is -3.58. The van der Waals surface area contributed by atoms with Gasteiger partial charge in [0, 0.05) is 23.8 Å². The van der Waals surface area contributed by atoms with Crippen LogP contribution in [0, 0.1) is 6.92 Å². The Kier molecular flexibility index (Phi) is 7.72. The van der Waals surface area contributed by atoms with Crippen molar-refractivity contribution in [2.75, 3.05) is 18.1 Å². The quantitative estimate of drug-likeness (QED) is 0.566. The summed E-state index contributed by atoms with van der Waals surface area (Å²) in [6.07, 6.45) is 0.809. The van der Waals surface area contributed by atoms with Crippen molar-refractivity contribution in [1.82, 2.24) is 20.2 Å². The maximum atomic E-state index is 12.4. The molecular weight excluding hydrogens is 308 g/mol. The number of H-pyrrole nitrogens is 1. The summed E-state index contributed by atoms with van der Waals surface area (Å²) in [6.45, 7) is 9.07. The van der Waals surface area contributed by atoms with E-state index in [9.17, 15) is 8.42 Å². The van der Waals surface area contributed by atoms with Crippen molar-refractivity contribution in [2.24, 2.45) is 0 Å². The first-order valence-corrected chi connectivity index (χ1v) is 9.90. The molecule has 1 aromatic heterocycles. The van der Waals surface area contributed by atoms with Crippen molar-refractivity contribution >= 4 is 21.8 Å². The number of nitrogens with one attached hydrogen (secondary N) is 3. The van der Waals surface area contributed by atoms with E-state index in [0.29, 0.717) is 12.1 Å². The largest absolute Gasteiger partial charge is 0.313 e. The Morgan fingerprint density at radius 1 is 1.38 bits per heavy atom. The van der Waals surface area contributed by atoms with Gasteiger partial charge in [0.05, 0.1) is 0 Å². The van der Waals surface area contributed by atoms with E-state index in [1.165, 1.54) is 0 Å². The number of hydrogen-bond donors (Lipinski definition) is 3. The molecule has 1 heterocycles. The number of aromatic nitrogens is 2. The second kappa shape index (κ2) is 8.77. The fourth-order valence-corrected chi connectivity index (χ4v) is 4.18. The molecular formula is C13H26N4O2S2. The molecule has 8 heteroatoms. The highest BCUT2D eigenvalue weighted by Crippen LogP contribution is 2.17. The first-order valence-electron chi connectivity index (χ1n) is 7.27. The van der Waals surface area contributed by atoms with Gasteiger partial charge in [-0.05, 0) is 38.3 Å². The van der Waals surface area contributed by atoms with Crippen molar-refractivity contribution < 1.29 is 8.42 Å². The summed E-state index contributed by atoms with van der Waals surface area (Å²) in [5, 5.41) is 9.98. The van der Waals surface area contributed by atoms with Crippen LogP contribution in [0.4, 0.5) is 0 Å². The molecule has 0 amide bonds. The second-order valence-corrected chi connectivity index (χ2v) is 7.94. The molecule has 122 valence electrons. The van der Waals surface area contributed by atoms with Crippen molar-refractivity contribution in [2.45, 2.75) is 51.7 Å². The first-order chi connectivity index (χ1) is 9.92. The Labute approximate surface area is 131 Å². The minimum absolute atomic E-state index is 0.0990. The number of aromatic amines is 1. The molecule has 0 aliphatic rings. The van der Waals surface area contributed by atoms with Gasteiger partial charge in [-0.3, -0.25) is 5.10 Å². The zero-order chi connectivity index (χ0) is 15.9. The van der Waals surface area contributed by atoms with Gasteiger partial charge in [-0.15, -0.1) is 0 Å². The minimum atomic E-state index is -3.58. The van der Waals surface area contributed by atoms with Gasteiger partial charge in [0.2, 0.25) is 0 Å². The molecule has 3 N–H and O–H groups in total. The molecule has 1 rings (SSSR count). The maximum absolute atomic E-state index is 12.4. The SMILES string of the molecule is CCNCc1c(S(=O)(=O)NC(C)CCSCC)n[nH]c1C. The first kappa shape index (κ1) is 18.5. The fraction of sp³-hybridized carbons (Fsp3) is 0.769. The predicted molar refractivity (Wildman–Crippen MR) is 88.1 cm³/mol. The third-order valence-corrected chi connectivity index (χ3v) is 5.59. The molecule has 6 nitrogen and oxygen atoms in total. The molecule has 0 spiro atoms. The highest BCUT2D eigenvalue weighted by molar-refractivity contribution is 7.99. The molecule has 0 fully saturated rings. The minimum Gasteiger partial charge on any atom is -0.313 e. The molecule has 21 heavy (non-hydrogen) atoms. The number of hydrogen-bond acceptors (Lipinski definition) is 5. The second-order valence-electron chi connectivity index (χ2n) is 4.92. The average Bonchev–Trinajstić information content (AvgIpc) is 2.78. The molecule has 0 radical (unpaired) electrons. The Hall–Kier alpha value is -0.570. The fourth-order valence-electron chi connectivity index (χ4n) is 1.89. The molecule has 0 bridgehead atoms. The van der Waals surface area contributed by atoms with Crippen LogP contribution in [0.2, 0.25) is 0 Å². The van der Waals surface area contributed by atoms with E-state index in [1.54, 1.807) is 0 Å². The predicted octanol–water partition coefficient (Wildman–Crippen LogP) is 1.64. The van der Waals surface area contributed by atoms with Crippen LogP contribution in [-0.4, -0.2) is 42.7 Å². The molecule has 0 aliphatic heterocycles. The molecule has 1 aromatic rings. The molecule has 1 atom stereocenters. The summed E-state index contributed by atoms with van der Waals surface area (Å²) in [6, 6.07) is -0.0990. The zero-order valence-electron chi connectivity index (χ0n) is 13.2. The highest BCUT2D eigenvalue weighted by Gasteiger charge is 2.25. The Bertz CT molecular complexity index is 528. The number of aryl methyl sites for hydroxylation is 1. The van der Waals surface area contributed by atoms with Crippen molar-refractivity contribution in [3.8, 4) is 0 Å². The molecule has 0 saturated carbocycles. The van der Waals surface area contributed by atoms with Crippen LogP contribution in [0.1, 0.15) is 38.4 Å². The van der Waals surface area contributed by atoms with E-state index in [4.69, 9.17) is 0 Å². The molecule has 1 unspecified atom stereocenters. The average molecular weight is 335 g/mol. The summed E-state index contributed by atoms with van der Waals surface area (Å²) < 4.78 is 27.6. The normalized spacial score (nSPS) is 13.5. The van der Waals surface area contributed by atoms with Gasteiger partial charge in [0.15, 0.2) is 5.03 Å². The smallest absolute Gasteiger partial charge is 0.260 e. The number of rotatable bonds is 10. The Morgan fingerprint density at radius 3 is 2.71 bits per heavy atom. The lowest BCUT2D eigenvalue weighted by molar-refractivity contribution is 0.551. The summed E-state index contributed by atoms with van der Waals surface area (Å²) >= 11 is 1.81.